The lowest BCUT2D eigenvalue weighted by atomic mass is 9.99. The van der Waals surface area contributed by atoms with Crippen molar-refractivity contribution in [2.75, 3.05) is 11.9 Å². The van der Waals surface area contributed by atoms with Crippen LogP contribution in [0.2, 0.25) is 0 Å². The molecule has 144 valence electrons. The third kappa shape index (κ3) is 4.28. The van der Waals surface area contributed by atoms with Crippen LogP contribution in [0.3, 0.4) is 0 Å². The molecule has 1 aromatic heterocycles. The second kappa shape index (κ2) is 8.08. The molecule has 6 nitrogen and oxygen atoms in total. The third-order valence-electron chi connectivity index (χ3n) is 4.50. The minimum atomic E-state index is -0.502. The Morgan fingerprint density at radius 1 is 1.00 bits per heavy atom. The lowest BCUT2D eigenvalue weighted by Gasteiger charge is -2.09. The summed E-state index contributed by atoms with van der Waals surface area (Å²) in [7, 11) is 0. The highest BCUT2D eigenvalue weighted by Gasteiger charge is 2.16. The third-order valence-corrected chi connectivity index (χ3v) is 4.50. The average molecular weight is 377 g/mol. The zero-order valence-electron chi connectivity index (χ0n) is 16.4. The average Bonchev–Trinajstić information content (AvgIpc) is 3.07. The number of amides is 1. The number of para-hydroxylation sites is 1. The van der Waals surface area contributed by atoms with Crippen LogP contribution in [0.5, 0.6) is 0 Å². The largest absolute Gasteiger partial charge is 0.456 e. The van der Waals surface area contributed by atoms with Gasteiger partial charge in [-0.05, 0) is 55.7 Å². The highest BCUT2D eigenvalue weighted by atomic mass is 16.5. The Hall–Kier alpha value is -3.41. The quantitative estimate of drug-likeness (QED) is 0.683. The van der Waals surface area contributed by atoms with Gasteiger partial charge in [-0.2, -0.15) is 5.10 Å². The Balaban J connectivity index is 2.02. The molecular formula is C22H23N3O3. The summed E-state index contributed by atoms with van der Waals surface area (Å²) in [6.45, 7) is 7.11. The molecule has 0 aliphatic carbocycles. The van der Waals surface area contributed by atoms with E-state index in [1.165, 1.54) is 18.1 Å². The summed E-state index contributed by atoms with van der Waals surface area (Å²) in [6, 6.07) is 15.6. The number of aryl methyl sites for hydroxylation is 3. The lowest BCUT2D eigenvalue weighted by Crippen LogP contribution is -2.21. The number of hydrogen-bond acceptors (Lipinski definition) is 4. The minimum Gasteiger partial charge on any atom is -0.456 e. The van der Waals surface area contributed by atoms with Crippen LogP contribution in [0.15, 0.2) is 48.5 Å². The first kappa shape index (κ1) is 19.4. The predicted octanol–water partition coefficient (Wildman–Crippen LogP) is 3.97. The van der Waals surface area contributed by atoms with E-state index in [0.29, 0.717) is 5.82 Å². The number of anilines is 1. The first-order valence-corrected chi connectivity index (χ1v) is 9.02. The standard InChI is InChI=1S/C22H23N3O3/c1-14-10-16(3)19(11-15(14)2)20-12-21(23-22(27)13-28-17(4)26)25(24-20)18-8-6-5-7-9-18/h5-12H,13H2,1-4H3,(H,23,27). The molecule has 28 heavy (non-hydrogen) atoms. The van der Waals surface area contributed by atoms with Crippen molar-refractivity contribution in [2.24, 2.45) is 0 Å². The number of benzene rings is 2. The molecule has 0 atom stereocenters. The van der Waals surface area contributed by atoms with Crippen molar-refractivity contribution in [3.8, 4) is 16.9 Å². The molecule has 3 rings (SSSR count). The molecular weight excluding hydrogens is 354 g/mol. The van der Waals surface area contributed by atoms with Crippen LogP contribution in [0.25, 0.3) is 16.9 Å². The number of aromatic nitrogens is 2. The molecule has 0 bridgehead atoms. The van der Waals surface area contributed by atoms with E-state index in [-0.39, 0.29) is 6.61 Å². The molecule has 2 aromatic carbocycles. The van der Waals surface area contributed by atoms with E-state index in [9.17, 15) is 9.59 Å². The highest BCUT2D eigenvalue weighted by Crippen LogP contribution is 2.29. The van der Waals surface area contributed by atoms with E-state index >= 15 is 0 Å². The second-order valence-corrected chi connectivity index (χ2v) is 6.74. The normalized spacial score (nSPS) is 10.6. The topological polar surface area (TPSA) is 73.2 Å². The maximum Gasteiger partial charge on any atom is 0.303 e. The summed E-state index contributed by atoms with van der Waals surface area (Å²) in [4.78, 5) is 23.1. The zero-order valence-corrected chi connectivity index (χ0v) is 16.4. The van der Waals surface area contributed by atoms with Gasteiger partial charge in [-0.1, -0.05) is 24.3 Å². The predicted molar refractivity (Wildman–Crippen MR) is 108 cm³/mol. The van der Waals surface area contributed by atoms with Gasteiger partial charge in [0.05, 0.1) is 11.4 Å². The summed E-state index contributed by atoms with van der Waals surface area (Å²) in [5, 5.41) is 7.51. The van der Waals surface area contributed by atoms with Gasteiger partial charge >= 0.3 is 5.97 Å². The van der Waals surface area contributed by atoms with Gasteiger partial charge in [0, 0.05) is 18.6 Å². The van der Waals surface area contributed by atoms with Gasteiger partial charge < -0.3 is 10.1 Å². The van der Waals surface area contributed by atoms with Gasteiger partial charge in [0.1, 0.15) is 5.82 Å². The maximum absolute atomic E-state index is 12.2. The molecule has 0 fully saturated rings. The van der Waals surface area contributed by atoms with Gasteiger partial charge in [0.15, 0.2) is 6.61 Å². The number of nitrogens with one attached hydrogen (secondary N) is 1. The van der Waals surface area contributed by atoms with E-state index in [1.807, 2.05) is 43.3 Å². The molecule has 0 saturated heterocycles. The molecule has 3 aromatic rings. The first-order chi connectivity index (χ1) is 13.3. The van der Waals surface area contributed by atoms with Crippen LogP contribution >= 0.6 is 0 Å². The monoisotopic (exact) mass is 377 g/mol. The molecule has 1 N–H and O–H groups in total. The fraction of sp³-hybridized carbons (Fsp3) is 0.227. The van der Waals surface area contributed by atoms with Crippen molar-refractivity contribution in [1.82, 2.24) is 9.78 Å². The van der Waals surface area contributed by atoms with Crippen molar-refractivity contribution in [3.63, 3.8) is 0 Å². The number of carbonyl (C=O) groups excluding carboxylic acids is 2. The molecule has 1 amide bonds. The van der Waals surface area contributed by atoms with Crippen molar-refractivity contribution >= 4 is 17.7 Å². The van der Waals surface area contributed by atoms with E-state index in [4.69, 9.17) is 9.84 Å². The van der Waals surface area contributed by atoms with Crippen molar-refractivity contribution in [2.45, 2.75) is 27.7 Å². The summed E-state index contributed by atoms with van der Waals surface area (Å²) in [5.74, 6) is -0.412. The van der Waals surface area contributed by atoms with E-state index in [0.717, 1.165) is 22.5 Å². The van der Waals surface area contributed by atoms with E-state index < -0.39 is 11.9 Å². The van der Waals surface area contributed by atoms with Gasteiger partial charge in [-0.15, -0.1) is 0 Å². The Labute approximate surface area is 164 Å². The van der Waals surface area contributed by atoms with Crippen LogP contribution in [0.1, 0.15) is 23.6 Å². The first-order valence-electron chi connectivity index (χ1n) is 9.02. The number of ether oxygens (including phenoxy) is 1. The Bertz CT molecular complexity index is 1020. The summed E-state index contributed by atoms with van der Waals surface area (Å²) < 4.78 is 6.46. The Morgan fingerprint density at radius 3 is 2.36 bits per heavy atom. The zero-order chi connectivity index (χ0) is 20.3. The van der Waals surface area contributed by atoms with E-state index in [2.05, 4.69) is 31.3 Å². The molecule has 0 aliphatic heterocycles. The van der Waals surface area contributed by atoms with Crippen molar-refractivity contribution in [3.05, 3.63) is 65.2 Å². The highest BCUT2D eigenvalue weighted by molar-refractivity contribution is 5.92. The van der Waals surface area contributed by atoms with Crippen molar-refractivity contribution < 1.29 is 14.3 Å². The van der Waals surface area contributed by atoms with Crippen LogP contribution in [-0.2, 0) is 14.3 Å². The van der Waals surface area contributed by atoms with E-state index in [1.54, 1.807) is 4.68 Å². The number of hydrogen-bond donors (Lipinski definition) is 1. The van der Waals surface area contributed by atoms with Gasteiger partial charge in [0.25, 0.3) is 5.91 Å². The molecule has 1 heterocycles. The molecule has 6 heteroatoms. The smallest absolute Gasteiger partial charge is 0.303 e. The maximum atomic E-state index is 12.2. The number of rotatable bonds is 5. The molecule has 0 radical (unpaired) electrons. The second-order valence-electron chi connectivity index (χ2n) is 6.74. The minimum absolute atomic E-state index is 0.340. The Morgan fingerprint density at radius 2 is 1.68 bits per heavy atom. The molecule has 0 unspecified atom stereocenters. The number of esters is 1. The number of nitrogens with zero attached hydrogens (tertiary/aromatic N) is 2. The summed E-state index contributed by atoms with van der Waals surface area (Å²) in [6.07, 6.45) is 0. The molecule has 0 aliphatic rings. The SMILES string of the molecule is CC(=O)OCC(=O)Nc1cc(-c2cc(C)c(C)cc2C)nn1-c1ccccc1. The molecule has 0 saturated carbocycles. The fourth-order valence-electron chi connectivity index (χ4n) is 2.95. The van der Waals surface area contributed by atoms with Crippen LogP contribution in [0, 0.1) is 20.8 Å². The molecule has 0 spiro atoms. The van der Waals surface area contributed by atoms with Gasteiger partial charge in [-0.3, -0.25) is 9.59 Å². The van der Waals surface area contributed by atoms with Gasteiger partial charge in [0.2, 0.25) is 0 Å². The lowest BCUT2D eigenvalue weighted by molar-refractivity contribution is -0.144. The summed E-state index contributed by atoms with van der Waals surface area (Å²) >= 11 is 0. The van der Waals surface area contributed by atoms with Crippen molar-refractivity contribution in [1.29, 1.82) is 0 Å². The van der Waals surface area contributed by atoms with Gasteiger partial charge in [-0.25, -0.2) is 4.68 Å². The Kier molecular flexibility index (Phi) is 5.59. The summed E-state index contributed by atoms with van der Waals surface area (Å²) in [5.41, 5.74) is 6.09. The van der Waals surface area contributed by atoms with Crippen LogP contribution in [0.4, 0.5) is 5.82 Å². The fourth-order valence-corrected chi connectivity index (χ4v) is 2.95. The van der Waals surface area contributed by atoms with Crippen LogP contribution < -0.4 is 5.32 Å². The number of carbonyl (C=O) groups is 2. The van der Waals surface area contributed by atoms with Crippen LogP contribution in [-0.4, -0.2) is 28.3 Å².